The highest BCUT2D eigenvalue weighted by atomic mass is 32.1. The summed E-state index contributed by atoms with van der Waals surface area (Å²) in [4.78, 5) is 45.6. The summed E-state index contributed by atoms with van der Waals surface area (Å²) in [6, 6.07) is 7.49. The molecule has 1 aliphatic heterocycles. The van der Waals surface area contributed by atoms with Crippen LogP contribution in [0.5, 0.6) is 5.75 Å². The Morgan fingerprint density at radius 2 is 1.93 bits per heavy atom. The summed E-state index contributed by atoms with van der Waals surface area (Å²) in [5.74, 6) is 0.489. The third-order valence-corrected chi connectivity index (χ3v) is 9.88. The minimum Gasteiger partial charge on any atom is -0.496 e. The number of carboxylic acids is 1. The zero-order valence-electron chi connectivity index (χ0n) is 23.9. The fourth-order valence-electron chi connectivity index (χ4n) is 6.23. The quantitative estimate of drug-likeness (QED) is 0.302. The first-order valence-electron chi connectivity index (χ1n) is 13.9. The zero-order valence-corrected chi connectivity index (χ0v) is 24.7. The van der Waals surface area contributed by atoms with E-state index in [9.17, 15) is 19.5 Å². The Bertz CT molecular complexity index is 1740. The Morgan fingerprint density at radius 1 is 1.21 bits per heavy atom. The van der Waals surface area contributed by atoms with Crippen LogP contribution in [0, 0.1) is 18.8 Å². The van der Waals surface area contributed by atoms with Gasteiger partial charge in [-0.15, -0.1) is 11.3 Å². The second-order valence-corrected chi connectivity index (χ2v) is 12.5. The van der Waals surface area contributed by atoms with Gasteiger partial charge in [-0.3, -0.25) is 9.36 Å². The molecule has 42 heavy (non-hydrogen) atoms. The van der Waals surface area contributed by atoms with Gasteiger partial charge in [0.25, 0.3) is 5.56 Å². The fourth-order valence-corrected chi connectivity index (χ4v) is 7.47. The van der Waals surface area contributed by atoms with Gasteiger partial charge in [0.2, 0.25) is 5.89 Å². The molecule has 0 radical (unpaired) electrons. The van der Waals surface area contributed by atoms with Crippen LogP contribution < -0.4 is 16.0 Å². The highest BCUT2D eigenvalue weighted by Crippen LogP contribution is 2.42. The Balaban J connectivity index is 1.54. The van der Waals surface area contributed by atoms with Gasteiger partial charge < -0.3 is 23.7 Å². The van der Waals surface area contributed by atoms with E-state index in [0.717, 1.165) is 36.2 Å². The standard InChI is InChI=1S/C30H33N3O8S/c1-16-23-26(34)33(30(2,3)28(35)36)29(37)32(27(23)42-24(16)25-31-9-10-40-25)13-22(20-7-5-6-8-21(20)38-4)41-19-11-17-14-39-15-18(17)12-19/h5-10,17-19,22H,11-15H2,1-4H3,(H,35,36)/t17-,18-,22-/m0/s1. The number of aliphatic carboxylic acids is 1. The summed E-state index contributed by atoms with van der Waals surface area (Å²) in [6.45, 7) is 5.91. The monoisotopic (exact) mass is 595 g/mol. The molecule has 0 amide bonds. The lowest BCUT2D eigenvalue weighted by atomic mass is 10.0. The highest BCUT2D eigenvalue weighted by molar-refractivity contribution is 7.22. The number of para-hydroxylation sites is 1. The number of ether oxygens (including phenoxy) is 3. The largest absolute Gasteiger partial charge is 0.496 e. The van der Waals surface area contributed by atoms with E-state index in [4.69, 9.17) is 18.6 Å². The predicted molar refractivity (Wildman–Crippen MR) is 155 cm³/mol. The van der Waals surface area contributed by atoms with E-state index in [1.165, 1.54) is 42.2 Å². The summed E-state index contributed by atoms with van der Waals surface area (Å²) in [5.41, 5.74) is -1.91. The molecular weight excluding hydrogens is 562 g/mol. The lowest BCUT2D eigenvalue weighted by molar-refractivity contribution is -0.146. The van der Waals surface area contributed by atoms with Crippen molar-refractivity contribution in [3.63, 3.8) is 0 Å². The summed E-state index contributed by atoms with van der Waals surface area (Å²) in [6.07, 6.45) is 3.95. The van der Waals surface area contributed by atoms with Gasteiger partial charge in [-0.25, -0.2) is 19.1 Å². The SMILES string of the molecule is COc1ccccc1[C@H](Cn1c(=O)n(C(C)(C)C(=O)O)c(=O)c2c(C)c(-c3ncco3)sc21)OC1C[C@H]2COC[C@@H]2C1. The summed E-state index contributed by atoms with van der Waals surface area (Å²) < 4.78 is 25.9. The Kier molecular flexibility index (Phi) is 7.32. The van der Waals surface area contributed by atoms with Crippen LogP contribution in [-0.2, 0) is 26.4 Å². The number of oxazole rings is 1. The molecule has 4 aromatic rings. The Hall–Kier alpha value is -3.74. The molecule has 4 heterocycles. The maximum Gasteiger partial charge on any atom is 0.333 e. The molecule has 1 aromatic carbocycles. The molecule has 3 atom stereocenters. The van der Waals surface area contributed by atoms with Crippen molar-refractivity contribution in [2.75, 3.05) is 20.3 Å². The van der Waals surface area contributed by atoms with Gasteiger partial charge in [0.15, 0.2) is 0 Å². The van der Waals surface area contributed by atoms with Gasteiger partial charge >= 0.3 is 11.7 Å². The normalized spacial score (nSPS) is 19.8. The zero-order chi connectivity index (χ0) is 29.8. The van der Waals surface area contributed by atoms with Crippen LogP contribution in [0.2, 0.25) is 0 Å². The molecule has 0 unspecified atom stereocenters. The maximum atomic E-state index is 14.2. The molecular formula is C30H33N3O8S. The lowest BCUT2D eigenvalue weighted by Crippen LogP contribution is -2.52. The van der Waals surface area contributed by atoms with Crippen molar-refractivity contribution >= 4 is 27.5 Å². The topological polar surface area (TPSA) is 135 Å². The summed E-state index contributed by atoms with van der Waals surface area (Å²) >= 11 is 1.21. The Morgan fingerprint density at radius 3 is 2.57 bits per heavy atom. The van der Waals surface area contributed by atoms with Crippen molar-refractivity contribution in [1.82, 2.24) is 14.1 Å². The van der Waals surface area contributed by atoms with E-state index in [0.29, 0.717) is 38.7 Å². The molecule has 11 nitrogen and oxygen atoms in total. The van der Waals surface area contributed by atoms with E-state index in [1.807, 2.05) is 24.3 Å². The number of hydrogen-bond donors (Lipinski definition) is 1. The first-order chi connectivity index (χ1) is 20.1. The van der Waals surface area contributed by atoms with Crippen molar-refractivity contribution in [2.45, 2.75) is 57.9 Å². The Labute approximate surface area is 245 Å². The van der Waals surface area contributed by atoms with Crippen molar-refractivity contribution in [1.29, 1.82) is 0 Å². The third kappa shape index (κ3) is 4.67. The van der Waals surface area contributed by atoms with E-state index in [1.54, 1.807) is 14.0 Å². The molecule has 2 aliphatic rings. The smallest absolute Gasteiger partial charge is 0.333 e. The molecule has 222 valence electrons. The molecule has 1 saturated carbocycles. The molecule has 0 bridgehead atoms. The summed E-state index contributed by atoms with van der Waals surface area (Å²) in [5, 5.41) is 10.3. The number of aromatic nitrogens is 3. The first kappa shape index (κ1) is 28.4. The van der Waals surface area contributed by atoms with Crippen LogP contribution in [0.1, 0.15) is 43.9 Å². The number of methoxy groups -OCH3 is 1. The van der Waals surface area contributed by atoms with Crippen molar-refractivity contribution in [3.05, 3.63) is 68.7 Å². The van der Waals surface area contributed by atoms with Crippen LogP contribution in [0.4, 0.5) is 0 Å². The van der Waals surface area contributed by atoms with Crippen LogP contribution in [0.15, 0.2) is 50.7 Å². The second kappa shape index (κ2) is 10.8. The molecule has 12 heteroatoms. The van der Waals surface area contributed by atoms with Crippen LogP contribution >= 0.6 is 11.3 Å². The van der Waals surface area contributed by atoms with Gasteiger partial charge in [-0.05, 0) is 57.1 Å². The van der Waals surface area contributed by atoms with Crippen molar-refractivity contribution in [2.24, 2.45) is 11.8 Å². The van der Waals surface area contributed by atoms with Gasteiger partial charge in [-0.1, -0.05) is 18.2 Å². The molecule has 1 saturated heterocycles. The minimum atomic E-state index is -1.81. The van der Waals surface area contributed by atoms with Crippen molar-refractivity contribution < 1.29 is 28.5 Å². The highest BCUT2D eigenvalue weighted by Gasteiger charge is 2.41. The predicted octanol–water partition coefficient (Wildman–Crippen LogP) is 4.20. The third-order valence-electron chi connectivity index (χ3n) is 8.57. The number of carboxylic acid groups (broad SMARTS) is 1. The molecule has 0 spiro atoms. The number of benzene rings is 1. The number of fused-ring (bicyclic) bond motifs is 2. The first-order valence-corrected chi connectivity index (χ1v) is 14.7. The average molecular weight is 596 g/mol. The van der Waals surface area contributed by atoms with Gasteiger partial charge in [0.1, 0.15) is 28.5 Å². The van der Waals surface area contributed by atoms with Crippen LogP contribution in [-0.4, -0.2) is 51.6 Å². The molecule has 1 N–H and O–H groups in total. The second-order valence-electron chi connectivity index (χ2n) is 11.5. The fraction of sp³-hybridized carbons (Fsp3) is 0.467. The van der Waals surface area contributed by atoms with Crippen LogP contribution in [0.3, 0.4) is 0 Å². The number of rotatable bonds is 9. The van der Waals surface area contributed by atoms with Crippen molar-refractivity contribution in [3.8, 4) is 16.5 Å². The molecule has 3 aromatic heterocycles. The van der Waals surface area contributed by atoms with Crippen LogP contribution in [0.25, 0.3) is 21.0 Å². The number of carbonyl (C=O) groups is 1. The van der Waals surface area contributed by atoms with Gasteiger partial charge in [-0.2, -0.15) is 0 Å². The van der Waals surface area contributed by atoms with E-state index in [-0.39, 0.29) is 18.0 Å². The maximum absolute atomic E-state index is 14.2. The van der Waals surface area contributed by atoms with E-state index < -0.39 is 28.9 Å². The lowest BCUT2D eigenvalue weighted by Gasteiger charge is -2.27. The molecule has 6 rings (SSSR count). The number of aryl methyl sites for hydroxylation is 1. The number of nitrogens with zero attached hydrogens (tertiary/aromatic N) is 3. The van der Waals surface area contributed by atoms with Gasteiger partial charge in [0, 0.05) is 18.8 Å². The van der Waals surface area contributed by atoms with E-state index >= 15 is 0 Å². The molecule has 2 fully saturated rings. The number of thiophene rings is 1. The average Bonchev–Trinajstić information content (AvgIpc) is 3.75. The molecule has 1 aliphatic carbocycles. The number of hydrogen-bond acceptors (Lipinski definition) is 9. The minimum absolute atomic E-state index is 0.0268. The summed E-state index contributed by atoms with van der Waals surface area (Å²) in [7, 11) is 1.58. The van der Waals surface area contributed by atoms with E-state index in [2.05, 4.69) is 4.98 Å². The van der Waals surface area contributed by atoms with Gasteiger partial charge in [0.05, 0.1) is 36.2 Å².